The van der Waals surface area contributed by atoms with E-state index in [2.05, 4.69) is 6.92 Å². The van der Waals surface area contributed by atoms with Gasteiger partial charge >= 0.3 is 0 Å². The third-order valence-corrected chi connectivity index (χ3v) is 2.00. The predicted octanol–water partition coefficient (Wildman–Crippen LogP) is 1.59. The van der Waals surface area contributed by atoms with Crippen LogP contribution in [-0.4, -0.2) is 25.9 Å². The molecule has 0 saturated carbocycles. The molecule has 0 radical (unpaired) electrons. The van der Waals surface area contributed by atoms with Gasteiger partial charge in [0, 0.05) is 13.7 Å². The molecule has 0 aliphatic carbocycles. The molecule has 1 fully saturated rings. The summed E-state index contributed by atoms with van der Waals surface area (Å²) in [4.78, 5) is 0. The second kappa shape index (κ2) is 3.35. The maximum Gasteiger partial charge on any atom is 0.0886 e. The van der Waals surface area contributed by atoms with Gasteiger partial charge in [0.05, 0.1) is 12.2 Å². The third kappa shape index (κ3) is 1.96. The number of methoxy groups -OCH3 is 1. The van der Waals surface area contributed by atoms with Crippen molar-refractivity contribution in [1.82, 2.24) is 0 Å². The average molecular weight is 144 g/mol. The lowest BCUT2D eigenvalue weighted by atomic mass is 9.97. The van der Waals surface area contributed by atoms with Gasteiger partial charge in [-0.3, -0.25) is 0 Å². The molecular formula is C8H16O2. The molecular weight excluding hydrogens is 128 g/mol. The second-order valence-electron chi connectivity index (χ2n) is 3.19. The monoisotopic (exact) mass is 144 g/mol. The Morgan fingerprint density at radius 3 is 2.80 bits per heavy atom. The predicted molar refractivity (Wildman–Crippen MR) is 40.1 cm³/mol. The molecule has 0 bridgehead atoms. The minimum absolute atomic E-state index is 0.00694. The quantitative estimate of drug-likeness (QED) is 0.586. The number of hydrogen-bond acceptors (Lipinski definition) is 2. The number of ether oxygens (including phenoxy) is 2. The lowest BCUT2D eigenvalue weighted by Gasteiger charge is -2.32. The van der Waals surface area contributed by atoms with Crippen molar-refractivity contribution in [2.75, 3.05) is 20.3 Å². The summed E-state index contributed by atoms with van der Waals surface area (Å²) in [6.45, 7) is 3.75. The minimum Gasteiger partial charge on any atom is -0.382 e. The normalized spacial score (nSPS) is 34.2. The van der Waals surface area contributed by atoms with E-state index in [0.717, 1.165) is 19.6 Å². The first-order chi connectivity index (χ1) is 4.77. The highest BCUT2D eigenvalue weighted by atomic mass is 16.5. The van der Waals surface area contributed by atoms with Crippen LogP contribution in [0.3, 0.4) is 0 Å². The summed E-state index contributed by atoms with van der Waals surface area (Å²) in [6.07, 6.45) is 3.63. The highest BCUT2D eigenvalue weighted by molar-refractivity contribution is 4.77. The van der Waals surface area contributed by atoms with Crippen LogP contribution in [0.25, 0.3) is 0 Å². The molecule has 1 saturated heterocycles. The van der Waals surface area contributed by atoms with Gasteiger partial charge in [0.25, 0.3) is 0 Å². The summed E-state index contributed by atoms with van der Waals surface area (Å²) in [5, 5.41) is 0. The van der Waals surface area contributed by atoms with Crippen molar-refractivity contribution in [3.63, 3.8) is 0 Å². The summed E-state index contributed by atoms with van der Waals surface area (Å²) in [5.41, 5.74) is 0.00694. The molecule has 1 heterocycles. The maximum absolute atomic E-state index is 5.58. The zero-order chi connectivity index (χ0) is 7.45. The Morgan fingerprint density at radius 1 is 1.50 bits per heavy atom. The van der Waals surface area contributed by atoms with Crippen molar-refractivity contribution in [1.29, 1.82) is 0 Å². The minimum atomic E-state index is 0.00694. The fraction of sp³-hybridized carbons (Fsp3) is 1.00. The largest absolute Gasteiger partial charge is 0.382 e. The molecule has 1 aliphatic heterocycles. The maximum atomic E-state index is 5.58. The fourth-order valence-corrected chi connectivity index (χ4v) is 1.41. The van der Waals surface area contributed by atoms with E-state index in [0.29, 0.717) is 0 Å². The van der Waals surface area contributed by atoms with E-state index in [9.17, 15) is 0 Å². The molecule has 0 aromatic heterocycles. The fourth-order valence-electron chi connectivity index (χ4n) is 1.41. The van der Waals surface area contributed by atoms with Gasteiger partial charge in [0.15, 0.2) is 0 Å². The van der Waals surface area contributed by atoms with Gasteiger partial charge in [-0.1, -0.05) is 0 Å². The van der Waals surface area contributed by atoms with Crippen LogP contribution in [0.5, 0.6) is 0 Å². The van der Waals surface area contributed by atoms with Gasteiger partial charge in [-0.05, 0) is 26.2 Å². The Morgan fingerprint density at radius 2 is 2.30 bits per heavy atom. The van der Waals surface area contributed by atoms with Crippen LogP contribution in [0, 0.1) is 0 Å². The van der Waals surface area contributed by atoms with Crippen LogP contribution in [0.4, 0.5) is 0 Å². The third-order valence-electron chi connectivity index (χ3n) is 2.00. The van der Waals surface area contributed by atoms with Gasteiger partial charge in [0.2, 0.25) is 0 Å². The molecule has 0 aromatic rings. The van der Waals surface area contributed by atoms with Crippen LogP contribution in [-0.2, 0) is 9.47 Å². The SMILES string of the molecule is COCC1(C)CCCCO1. The van der Waals surface area contributed by atoms with E-state index in [4.69, 9.17) is 9.47 Å². The smallest absolute Gasteiger partial charge is 0.0886 e. The number of hydrogen-bond donors (Lipinski definition) is 0. The summed E-state index contributed by atoms with van der Waals surface area (Å²) in [5.74, 6) is 0. The van der Waals surface area contributed by atoms with E-state index in [-0.39, 0.29) is 5.60 Å². The van der Waals surface area contributed by atoms with Crippen molar-refractivity contribution >= 4 is 0 Å². The first-order valence-corrected chi connectivity index (χ1v) is 3.90. The molecule has 0 N–H and O–H groups in total. The molecule has 0 spiro atoms. The Kier molecular flexibility index (Phi) is 2.69. The van der Waals surface area contributed by atoms with Crippen molar-refractivity contribution in [2.24, 2.45) is 0 Å². The van der Waals surface area contributed by atoms with Crippen molar-refractivity contribution in [3.05, 3.63) is 0 Å². The van der Waals surface area contributed by atoms with Crippen molar-refractivity contribution in [3.8, 4) is 0 Å². The van der Waals surface area contributed by atoms with E-state index >= 15 is 0 Å². The van der Waals surface area contributed by atoms with E-state index < -0.39 is 0 Å². The molecule has 2 heteroatoms. The molecule has 0 aromatic carbocycles. The topological polar surface area (TPSA) is 18.5 Å². The Bertz CT molecular complexity index is 89.9. The highest BCUT2D eigenvalue weighted by Gasteiger charge is 2.27. The van der Waals surface area contributed by atoms with E-state index in [1.165, 1.54) is 12.8 Å². The first kappa shape index (κ1) is 8.02. The number of rotatable bonds is 2. The van der Waals surface area contributed by atoms with Gasteiger partial charge < -0.3 is 9.47 Å². The molecule has 2 nitrogen and oxygen atoms in total. The van der Waals surface area contributed by atoms with Gasteiger partial charge in [-0.2, -0.15) is 0 Å². The van der Waals surface area contributed by atoms with Crippen LogP contribution in [0.15, 0.2) is 0 Å². The lowest BCUT2D eigenvalue weighted by Crippen LogP contribution is -2.37. The zero-order valence-electron chi connectivity index (χ0n) is 6.85. The zero-order valence-corrected chi connectivity index (χ0v) is 6.85. The van der Waals surface area contributed by atoms with Crippen LogP contribution < -0.4 is 0 Å². The second-order valence-corrected chi connectivity index (χ2v) is 3.19. The molecule has 0 amide bonds. The van der Waals surface area contributed by atoms with Crippen LogP contribution >= 0.6 is 0 Å². The standard InChI is InChI=1S/C8H16O2/c1-8(7-9-2)5-3-4-6-10-8/h3-7H2,1-2H3. The van der Waals surface area contributed by atoms with Gasteiger partial charge in [0.1, 0.15) is 0 Å². The summed E-state index contributed by atoms with van der Waals surface area (Å²) >= 11 is 0. The molecule has 1 unspecified atom stereocenters. The molecule has 1 atom stereocenters. The summed E-state index contributed by atoms with van der Waals surface area (Å²) < 4.78 is 10.6. The van der Waals surface area contributed by atoms with Crippen LogP contribution in [0.2, 0.25) is 0 Å². The Labute approximate surface area is 62.5 Å². The summed E-state index contributed by atoms with van der Waals surface area (Å²) in [6, 6.07) is 0. The molecule has 1 aliphatic rings. The van der Waals surface area contributed by atoms with E-state index in [1.807, 2.05) is 0 Å². The highest BCUT2D eigenvalue weighted by Crippen LogP contribution is 2.23. The van der Waals surface area contributed by atoms with E-state index in [1.54, 1.807) is 7.11 Å². The molecule has 60 valence electrons. The van der Waals surface area contributed by atoms with Gasteiger partial charge in [-0.15, -0.1) is 0 Å². The Balaban J connectivity index is 2.32. The molecule has 10 heavy (non-hydrogen) atoms. The Hall–Kier alpha value is -0.0800. The van der Waals surface area contributed by atoms with Crippen LogP contribution in [0.1, 0.15) is 26.2 Å². The summed E-state index contributed by atoms with van der Waals surface area (Å²) in [7, 11) is 1.73. The van der Waals surface area contributed by atoms with Crippen molar-refractivity contribution in [2.45, 2.75) is 31.8 Å². The van der Waals surface area contributed by atoms with Gasteiger partial charge in [-0.25, -0.2) is 0 Å². The molecule has 1 rings (SSSR count). The lowest BCUT2D eigenvalue weighted by molar-refractivity contribution is -0.103. The first-order valence-electron chi connectivity index (χ1n) is 3.90. The average Bonchev–Trinajstić information content (AvgIpc) is 1.89. The van der Waals surface area contributed by atoms with Crippen molar-refractivity contribution < 1.29 is 9.47 Å².